The van der Waals surface area contributed by atoms with E-state index in [1.165, 1.54) is 0 Å². The molecule has 0 bridgehead atoms. The van der Waals surface area contributed by atoms with Crippen LogP contribution in [0, 0.1) is 5.92 Å². The fourth-order valence-electron chi connectivity index (χ4n) is 2.11. The minimum absolute atomic E-state index is 0.0666. The summed E-state index contributed by atoms with van der Waals surface area (Å²) in [6.07, 6.45) is 0.896. The number of rotatable bonds is 3. The highest BCUT2D eigenvalue weighted by Crippen LogP contribution is 2.18. The van der Waals surface area contributed by atoms with Gasteiger partial charge in [0.15, 0.2) is 0 Å². The Kier molecular flexibility index (Phi) is 3.20. The van der Waals surface area contributed by atoms with Crippen molar-refractivity contribution in [3.05, 3.63) is 24.3 Å². The van der Waals surface area contributed by atoms with Crippen LogP contribution in [0.5, 0.6) is 0 Å². The quantitative estimate of drug-likeness (QED) is 0.741. The van der Waals surface area contributed by atoms with Crippen LogP contribution in [0.2, 0.25) is 0 Å². The van der Waals surface area contributed by atoms with Crippen molar-refractivity contribution in [2.24, 2.45) is 5.92 Å². The Morgan fingerprint density at radius 3 is 2.79 bits per heavy atom. The van der Waals surface area contributed by atoms with Crippen LogP contribution in [0.3, 0.4) is 0 Å². The van der Waals surface area contributed by atoms with Crippen molar-refractivity contribution < 1.29 is 4.79 Å². The van der Waals surface area contributed by atoms with Gasteiger partial charge in [0.05, 0.1) is 5.92 Å². The molecule has 1 aromatic carbocycles. The molecule has 1 saturated heterocycles. The Morgan fingerprint density at radius 1 is 1.32 bits per heavy atom. The summed E-state index contributed by atoms with van der Waals surface area (Å²) >= 11 is 0. The summed E-state index contributed by atoms with van der Waals surface area (Å²) < 4.78 is 0. The van der Waals surface area contributed by atoms with Gasteiger partial charge in [-0.2, -0.15) is 5.21 Å². The summed E-state index contributed by atoms with van der Waals surface area (Å²) in [5.41, 5.74) is 1.64. The van der Waals surface area contributed by atoms with E-state index in [2.05, 4.69) is 31.3 Å². The lowest BCUT2D eigenvalue weighted by Gasteiger charge is -2.09. The van der Waals surface area contributed by atoms with Crippen LogP contribution >= 0.6 is 0 Å². The van der Waals surface area contributed by atoms with Gasteiger partial charge in [-0.1, -0.05) is 0 Å². The van der Waals surface area contributed by atoms with Crippen LogP contribution in [0.15, 0.2) is 24.3 Å². The van der Waals surface area contributed by atoms with Crippen molar-refractivity contribution >= 4 is 11.6 Å². The summed E-state index contributed by atoms with van der Waals surface area (Å²) in [6.45, 7) is 1.67. The third-order valence-corrected chi connectivity index (χ3v) is 3.19. The lowest BCUT2D eigenvalue weighted by molar-refractivity contribution is -0.119. The highest BCUT2D eigenvalue weighted by atomic mass is 16.1. The molecule has 7 heteroatoms. The van der Waals surface area contributed by atoms with Gasteiger partial charge in [0.1, 0.15) is 0 Å². The van der Waals surface area contributed by atoms with Gasteiger partial charge in [0.25, 0.3) is 0 Å². The van der Waals surface area contributed by atoms with Crippen molar-refractivity contribution in [2.75, 3.05) is 18.4 Å². The van der Waals surface area contributed by atoms with E-state index in [0.29, 0.717) is 5.82 Å². The van der Waals surface area contributed by atoms with Gasteiger partial charge in [-0.15, -0.1) is 10.2 Å². The number of amides is 1. The van der Waals surface area contributed by atoms with E-state index in [1.54, 1.807) is 0 Å². The fourth-order valence-corrected chi connectivity index (χ4v) is 2.11. The third-order valence-electron chi connectivity index (χ3n) is 3.19. The summed E-state index contributed by atoms with van der Waals surface area (Å²) in [6, 6.07) is 7.39. The fraction of sp³-hybridized carbons (Fsp3) is 0.333. The average Bonchev–Trinajstić information content (AvgIpc) is 3.13. The van der Waals surface area contributed by atoms with Crippen LogP contribution in [0.4, 0.5) is 5.69 Å². The zero-order valence-electron chi connectivity index (χ0n) is 10.3. The SMILES string of the molecule is O=C(Nc1ccc(-c2nn[nH]n2)cc1)C1CCNC1. The highest BCUT2D eigenvalue weighted by molar-refractivity contribution is 5.93. The number of H-pyrrole nitrogens is 1. The molecule has 1 unspecified atom stereocenters. The van der Waals surface area contributed by atoms with Crippen LogP contribution in [0.25, 0.3) is 11.4 Å². The first kappa shape index (κ1) is 11.8. The monoisotopic (exact) mass is 258 g/mol. The molecule has 19 heavy (non-hydrogen) atoms. The summed E-state index contributed by atoms with van der Waals surface area (Å²) in [5, 5.41) is 19.8. The molecule has 7 nitrogen and oxygen atoms in total. The Hall–Kier alpha value is -2.28. The molecular formula is C12H14N6O. The number of hydrogen-bond acceptors (Lipinski definition) is 5. The van der Waals surface area contributed by atoms with Gasteiger partial charge in [0.2, 0.25) is 11.7 Å². The number of carbonyl (C=O) groups is 1. The minimum atomic E-state index is 0.0666. The van der Waals surface area contributed by atoms with Gasteiger partial charge in [-0.3, -0.25) is 4.79 Å². The van der Waals surface area contributed by atoms with E-state index in [-0.39, 0.29) is 11.8 Å². The topological polar surface area (TPSA) is 95.6 Å². The van der Waals surface area contributed by atoms with Crippen molar-refractivity contribution in [3.63, 3.8) is 0 Å². The first-order valence-electron chi connectivity index (χ1n) is 6.18. The third kappa shape index (κ3) is 2.60. The minimum Gasteiger partial charge on any atom is -0.326 e. The molecule has 1 atom stereocenters. The Bertz CT molecular complexity index is 544. The number of tetrazole rings is 1. The van der Waals surface area contributed by atoms with E-state index in [1.807, 2.05) is 24.3 Å². The number of aromatic nitrogens is 4. The molecule has 1 aliphatic rings. The molecule has 3 N–H and O–H groups in total. The standard InChI is InChI=1S/C12H14N6O/c19-12(9-5-6-13-7-9)14-10-3-1-8(2-4-10)11-15-17-18-16-11/h1-4,9,13H,5-7H2,(H,14,19)(H,15,16,17,18). The molecule has 1 aliphatic heterocycles. The van der Waals surface area contributed by atoms with E-state index >= 15 is 0 Å². The molecule has 3 rings (SSSR count). The van der Waals surface area contributed by atoms with Crippen LogP contribution < -0.4 is 10.6 Å². The smallest absolute Gasteiger partial charge is 0.228 e. The second kappa shape index (κ2) is 5.15. The first-order valence-corrected chi connectivity index (χ1v) is 6.18. The number of carbonyl (C=O) groups excluding carboxylic acids is 1. The Balaban J connectivity index is 1.67. The normalized spacial score (nSPS) is 18.4. The Labute approximate surface area is 109 Å². The van der Waals surface area contributed by atoms with Crippen molar-refractivity contribution in [3.8, 4) is 11.4 Å². The number of anilines is 1. The molecule has 98 valence electrons. The lowest BCUT2D eigenvalue weighted by atomic mass is 10.1. The number of benzene rings is 1. The van der Waals surface area contributed by atoms with Crippen LogP contribution in [-0.4, -0.2) is 39.6 Å². The number of nitrogens with one attached hydrogen (secondary N) is 3. The maximum atomic E-state index is 11.9. The Morgan fingerprint density at radius 2 is 2.16 bits per heavy atom. The number of nitrogens with zero attached hydrogens (tertiary/aromatic N) is 3. The van der Waals surface area contributed by atoms with E-state index < -0.39 is 0 Å². The maximum Gasteiger partial charge on any atom is 0.228 e. The maximum absolute atomic E-state index is 11.9. The molecule has 1 amide bonds. The summed E-state index contributed by atoms with van der Waals surface area (Å²) in [7, 11) is 0. The van der Waals surface area contributed by atoms with Crippen LogP contribution in [0.1, 0.15) is 6.42 Å². The molecule has 0 aliphatic carbocycles. The van der Waals surface area contributed by atoms with Gasteiger partial charge >= 0.3 is 0 Å². The second-order valence-electron chi connectivity index (χ2n) is 4.49. The van der Waals surface area contributed by atoms with E-state index in [4.69, 9.17) is 0 Å². The van der Waals surface area contributed by atoms with Gasteiger partial charge < -0.3 is 10.6 Å². The predicted molar refractivity (Wildman–Crippen MR) is 69.2 cm³/mol. The molecule has 1 aromatic heterocycles. The number of hydrogen-bond donors (Lipinski definition) is 3. The van der Waals surface area contributed by atoms with Gasteiger partial charge in [0, 0.05) is 17.8 Å². The summed E-state index contributed by atoms with van der Waals surface area (Å²) in [4.78, 5) is 11.9. The van der Waals surface area contributed by atoms with E-state index in [0.717, 1.165) is 30.8 Å². The van der Waals surface area contributed by atoms with Crippen LogP contribution in [-0.2, 0) is 4.79 Å². The zero-order valence-corrected chi connectivity index (χ0v) is 10.3. The van der Waals surface area contributed by atoms with Crippen molar-refractivity contribution in [2.45, 2.75) is 6.42 Å². The molecule has 0 radical (unpaired) electrons. The molecule has 1 fully saturated rings. The first-order chi connectivity index (χ1) is 9.33. The zero-order chi connectivity index (χ0) is 13.1. The lowest BCUT2D eigenvalue weighted by Crippen LogP contribution is -2.24. The molecule has 0 saturated carbocycles. The van der Waals surface area contributed by atoms with E-state index in [9.17, 15) is 4.79 Å². The summed E-state index contributed by atoms with van der Waals surface area (Å²) in [5.74, 6) is 0.673. The number of aromatic amines is 1. The van der Waals surface area contributed by atoms with Crippen molar-refractivity contribution in [1.29, 1.82) is 0 Å². The second-order valence-corrected chi connectivity index (χ2v) is 4.49. The van der Waals surface area contributed by atoms with Gasteiger partial charge in [-0.05, 0) is 42.4 Å². The van der Waals surface area contributed by atoms with Crippen molar-refractivity contribution in [1.82, 2.24) is 25.9 Å². The molecule has 2 heterocycles. The average molecular weight is 258 g/mol. The molecular weight excluding hydrogens is 244 g/mol. The van der Waals surface area contributed by atoms with Gasteiger partial charge in [-0.25, -0.2) is 0 Å². The highest BCUT2D eigenvalue weighted by Gasteiger charge is 2.22. The predicted octanol–water partition coefficient (Wildman–Crippen LogP) is 0.415. The largest absolute Gasteiger partial charge is 0.326 e. The molecule has 0 spiro atoms. The molecule has 2 aromatic rings.